The van der Waals surface area contributed by atoms with E-state index in [0.717, 1.165) is 6.92 Å². The number of halogens is 1. The summed E-state index contributed by atoms with van der Waals surface area (Å²) in [5, 5.41) is 10.5. The molecule has 96 valence electrons. The molecule has 8 heteroatoms. The Bertz CT molecular complexity index is 472. The highest BCUT2D eigenvalue weighted by Gasteiger charge is 2.25. The van der Waals surface area contributed by atoms with Crippen LogP contribution in [0.1, 0.15) is 18.6 Å². The zero-order valence-corrected chi connectivity index (χ0v) is 11.3. The maximum absolute atomic E-state index is 11.4. The Morgan fingerprint density at radius 1 is 1.33 bits per heavy atom. The molecule has 0 saturated heterocycles. The Kier molecular flexibility index (Phi) is 5.01. The van der Waals surface area contributed by atoms with Crippen molar-refractivity contribution in [2.75, 3.05) is 0 Å². The van der Waals surface area contributed by atoms with E-state index in [1.807, 2.05) is 0 Å². The number of ether oxygens (including phenoxy) is 1. The van der Waals surface area contributed by atoms with E-state index in [1.165, 1.54) is 47.3 Å². The third-order valence-corrected chi connectivity index (χ3v) is 2.41. The standard InChI is InChI=1S/C10H8INO6/c1-6(13)17-9(10(14)18-11)7-2-4-8(5-3-7)12(15)16/h2-5,9H,1H3. The molecule has 0 saturated carbocycles. The molecule has 0 aliphatic rings. The first-order valence-corrected chi connectivity index (χ1v) is 5.57. The smallest absolute Gasteiger partial charge is 0.361 e. The van der Waals surface area contributed by atoms with Gasteiger partial charge in [-0.1, -0.05) is 0 Å². The van der Waals surface area contributed by atoms with Crippen LogP contribution >= 0.6 is 23.0 Å². The van der Waals surface area contributed by atoms with Gasteiger partial charge in [-0.3, -0.25) is 14.9 Å². The molecule has 0 N–H and O–H groups in total. The summed E-state index contributed by atoms with van der Waals surface area (Å²) in [7, 11) is 0. The monoisotopic (exact) mass is 365 g/mol. The molecule has 0 bridgehead atoms. The second-order valence-electron chi connectivity index (χ2n) is 3.23. The van der Waals surface area contributed by atoms with Gasteiger partial charge in [-0.05, 0) is 12.1 Å². The lowest BCUT2D eigenvalue weighted by molar-refractivity contribution is -0.384. The topological polar surface area (TPSA) is 95.7 Å². The fourth-order valence-electron chi connectivity index (χ4n) is 1.23. The summed E-state index contributed by atoms with van der Waals surface area (Å²) in [6.07, 6.45) is -1.22. The predicted molar refractivity (Wildman–Crippen MR) is 67.7 cm³/mol. The van der Waals surface area contributed by atoms with Crippen LogP contribution in [0.4, 0.5) is 5.69 Å². The molecule has 1 atom stereocenters. The summed E-state index contributed by atoms with van der Waals surface area (Å²) in [5.74, 6) is -1.42. The molecule has 1 rings (SSSR count). The number of hydrogen-bond acceptors (Lipinski definition) is 6. The van der Waals surface area contributed by atoms with Crippen LogP contribution in [0.5, 0.6) is 0 Å². The fourth-order valence-corrected chi connectivity index (χ4v) is 1.46. The summed E-state index contributed by atoms with van der Waals surface area (Å²) in [5.41, 5.74) is 0.181. The zero-order valence-electron chi connectivity index (χ0n) is 9.16. The van der Waals surface area contributed by atoms with Gasteiger partial charge in [0.2, 0.25) is 6.10 Å². The van der Waals surface area contributed by atoms with E-state index >= 15 is 0 Å². The number of carbonyl (C=O) groups is 2. The van der Waals surface area contributed by atoms with Crippen LogP contribution in [0.2, 0.25) is 0 Å². The maximum atomic E-state index is 11.4. The zero-order chi connectivity index (χ0) is 13.7. The van der Waals surface area contributed by atoms with Gasteiger partial charge in [0.15, 0.2) is 23.0 Å². The third kappa shape index (κ3) is 3.65. The molecular weight excluding hydrogens is 357 g/mol. The van der Waals surface area contributed by atoms with Crippen LogP contribution in [0.3, 0.4) is 0 Å². The lowest BCUT2D eigenvalue weighted by atomic mass is 10.1. The second-order valence-corrected chi connectivity index (χ2v) is 3.67. The SMILES string of the molecule is CC(=O)OC(C(=O)OI)c1ccc([N+](=O)[O-])cc1. The van der Waals surface area contributed by atoms with Gasteiger partial charge in [-0.2, -0.15) is 0 Å². The van der Waals surface area contributed by atoms with E-state index in [2.05, 4.69) is 3.07 Å². The number of non-ortho nitro benzene ring substituents is 1. The van der Waals surface area contributed by atoms with Crippen LogP contribution in [0.25, 0.3) is 0 Å². The lowest BCUT2D eigenvalue weighted by Gasteiger charge is -2.13. The molecule has 1 unspecified atom stereocenters. The highest BCUT2D eigenvalue weighted by Crippen LogP contribution is 2.23. The van der Waals surface area contributed by atoms with Gasteiger partial charge in [-0.15, -0.1) is 0 Å². The summed E-state index contributed by atoms with van der Waals surface area (Å²) in [6.45, 7) is 1.15. The second kappa shape index (κ2) is 6.28. The molecule has 0 spiro atoms. The van der Waals surface area contributed by atoms with Gasteiger partial charge in [-0.25, -0.2) is 4.79 Å². The number of benzene rings is 1. The summed E-state index contributed by atoms with van der Waals surface area (Å²) in [4.78, 5) is 32.2. The van der Waals surface area contributed by atoms with E-state index in [4.69, 9.17) is 4.74 Å². The summed E-state index contributed by atoms with van der Waals surface area (Å²) >= 11 is 1.37. The lowest BCUT2D eigenvalue weighted by Crippen LogP contribution is -2.18. The predicted octanol–water partition coefficient (Wildman–Crippen LogP) is 2.09. The number of esters is 1. The highest BCUT2D eigenvalue weighted by molar-refractivity contribution is 14.1. The first-order valence-electron chi connectivity index (χ1n) is 4.69. The molecular formula is C10H8INO6. The Morgan fingerprint density at radius 2 is 1.89 bits per heavy atom. The van der Waals surface area contributed by atoms with Gasteiger partial charge in [0.1, 0.15) is 0 Å². The van der Waals surface area contributed by atoms with Crippen LogP contribution in [0, 0.1) is 10.1 Å². The van der Waals surface area contributed by atoms with Crippen molar-refractivity contribution in [1.82, 2.24) is 0 Å². The minimum Gasteiger partial charge on any atom is -0.446 e. The van der Waals surface area contributed by atoms with Crippen molar-refractivity contribution in [1.29, 1.82) is 0 Å². The van der Waals surface area contributed by atoms with E-state index in [9.17, 15) is 19.7 Å². The van der Waals surface area contributed by atoms with Crippen LogP contribution in [-0.2, 0) is 17.4 Å². The summed E-state index contributed by atoms with van der Waals surface area (Å²) < 4.78 is 9.27. The van der Waals surface area contributed by atoms with Crippen molar-refractivity contribution in [3.8, 4) is 0 Å². The molecule has 0 aliphatic carbocycles. The molecule has 18 heavy (non-hydrogen) atoms. The number of nitro groups is 1. The molecule has 1 aromatic carbocycles. The number of nitrogens with zero attached hydrogens (tertiary/aromatic N) is 1. The van der Waals surface area contributed by atoms with E-state index < -0.39 is 23.0 Å². The van der Waals surface area contributed by atoms with Crippen molar-refractivity contribution in [2.45, 2.75) is 13.0 Å². The average molecular weight is 365 g/mol. The average Bonchev–Trinajstić information content (AvgIpc) is 2.35. The number of hydrogen-bond donors (Lipinski definition) is 0. The Hall–Kier alpha value is -1.71. The van der Waals surface area contributed by atoms with Crippen LogP contribution in [0.15, 0.2) is 24.3 Å². The van der Waals surface area contributed by atoms with Crippen LogP contribution < -0.4 is 0 Å². The van der Waals surface area contributed by atoms with Crippen LogP contribution in [-0.4, -0.2) is 16.9 Å². The first kappa shape index (κ1) is 14.4. The van der Waals surface area contributed by atoms with Crippen molar-refractivity contribution < 1.29 is 22.3 Å². The largest absolute Gasteiger partial charge is 0.446 e. The number of carbonyl (C=O) groups excluding carboxylic acids is 2. The fraction of sp³-hybridized carbons (Fsp3) is 0.200. The van der Waals surface area contributed by atoms with E-state index in [0.29, 0.717) is 5.56 Å². The maximum Gasteiger partial charge on any atom is 0.361 e. The molecule has 0 heterocycles. The van der Waals surface area contributed by atoms with E-state index in [1.54, 1.807) is 0 Å². The molecule has 7 nitrogen and oxygen atoms in total. The molecule has 0 aromatic heterocycles. The van der Waals surface area contributed by atoms with Gasteiger partial charge >= 0.3 is 11.9 Å². The van der Waals surface area contributed by atoms with Crippen molar-refractivity contribution in [3.05, 3.63) is 39.9 Å². The highest BCUT2D eigenvalue weighted by atomic mass is 127. The van der Waals surface area contributed by atoms with Crippen molar-refractivity contribution in [3.63, 3.8) is 0 Å². The van der Waals surface area contributed by atoms with Gasteiger partial charge in [0, 0.05) is 24.6 Å². The van der Waals surface area contributed by atoms with Gasteiger partial charge in [0.25, 0.3) is 5.69 Å². The van der Waals surface area contributed by atoms with Gasteiger partial charge in [0.05, 0.1) is 4.92 Å². The molecule has 0 amide bonds. The minimum absolute atomic E-state index is 0.122. The van der Waals surface area contributed by atoms with E-state index in [-0.39, 0.29) is 5.69 Å². The summed E-state index contributed by atoms with van der Waals surface area (Å²) in [6, 6.07) is 5.09. The number of rotatable bonds is 4. The Labute approximate surface area is 116 Å². The number of nitro benzene ring substituents is 1. The minimum atomic E-state index is -1.22. The Morgan fingerprint density at radius 3 is 2.28 bits per heavy atom. The normalized spacial score (nSPS) is 11.4. The van der Waals surface area contributed by atoms with Crippen molar-refractivity contribution in [2.24, 2.45) is 0 Å². The van der Waals surface area contributed by atoms with Gasteiger partial charge < -0.3 is 7.80 Å². The third-order valence-electron chi connectivity index (χ3n) is 1.98. The van der Waals surface area contributed by atoms with Crippen molar-refractivity contribution >= 4 is 40.6 Å². The molecule has 1 aromatic rings. The first-order chi connectivity index (χ1) is 8.45. The molecule has 0 aliphatic heterocycles. The Balaban J connectivity index is 3.01. The quantitative estimate of drug-likeness (QED) is 0.351. The molecule has 0 fully saturated rings. The molecule has 0 radical (unpaired) electrons.